The van der Waals surface area contributed by atoms with Gasteiger partial charge in [-0.25, -0.2) is 0 Å². The molecule has 3 aliphatic rings. The number of hydrogen-bond acceptors (Lipinski definition) is 4. The SMILES string of the molecule is C1CCC2OC2C1.CCCC1(OC)CCCC[Si]1(OC)OC. The van der Waals surface area contributed by atoms with E-state index in [-0.39, 0.29) is 5.22 Å². The number of ether oxygens (including phenoxy) is 2. The summed E-state index contributed by atoms with van der Waals surface area (Å²) in [6.07, 6.45) is 12.6. The Balaban J connectivity index is 0.000000205. The molecule has 2 aliphatic heterocycles. The Kier molecular flexibility index (Phi) is 6.89. The summed E-state index contributed by atoms with van der Waals surface area (Å²) >= 11 is 0. The van der Waals surface area contributed by atoms with Crippen LogP contribution in [0.5, 0.6) is 0 Å². The van der Waals surface area contributed by atoms with E-state index < -0.39 is 8.56 Å². The number of epoxide rings is 1. The highest BCUT2D eigenvalue weighted by atomic mass is 28.4. The summed E-state index contributed by atoms with van der Waals surface area (Å²) in [5, 5.41) is -0.122. The number of hydrogen-bond donors (Lipinski definition) is 0. The third-order valence-corrected chi connectivity index (χ3v) is 10.1. The minimum absolute atomic E-state index is 0.122. The normalized spacial score (nSPS) is 36.0. The van der Waals surface area contributed by atoms with Gasteiger partial charge >= 0.3 is 8.56 Å². The average Bonchev–Trinajstić information content (AvgIpc) is 3.36. The lowest BCUT2D eigenvalue weighted by Gasteiger charge is -2.47. The Morgan fingerprint density at radius 2 is 1.64 bits per heavy atom. The van der Waals surface area contributed by atoms with E-state index >= 15 is 0 Å². The first-order valence-electron chi connectivity index (χ1n) is 8.98. The molecule has 0 aromatic heterocycles. The Morgan fingerprint density at radius 1 is 1.00 bits per heavy atom. The first-order valence-corrected chi connectivity index (χ1v) is 11.0. The van der Waals surface area contributed by atoms with Gasteiger partial charge in [0.1, 0.15) is 5.22 Å². The summed E-state index contributed by atoms with van der Waals surface area (Å²) in [5.74, 6) is 0. The number of rotatable bonds is 5. The van der Waals surface area contributed by atoms with Gasteiger partial charge in [-0.05, 0) is 31.7 Å². The second-order valence-corrected chi connectivity index (χ2v) is 10.5. The van der Waals surface area contributed by atoms with Crippen molar-refractivity contribution in [3.63, 3.8) is 0 Å². The van der Waals surface area contributed by atoms with E-state index in [1.54, 1.807) is 21.3 Å². The molecule has 2 saturated heterocycles. The second kappa shape index (κ2) is 8.24. The first-order chi connectivity index (χ1) is 10.7. The quantitative estimate of drug-likeness (QED) is 0.565. The molecule has 2 heterocycles. The van der Waals surface area contributed by atoms with E-state index in [0.717, 1.165) is 25.3 Å². The first kappa shape index (κ1) is 18.4. The molecule has 3 fully saturated rings. The van der Waals surface area contributed by atoms with Crippen LogP contribution in [0.2, 0.25) is 6.04 Å². The van der Waals surface area contributed by atoms with Crippen LogP contribution in [-0.2, 0) is 18.3 Å². The van der Waals surface area contributed by atoms with E-state index in [4.69, 9.17) is 18.3 Å². The minimum Gasteiger partial charge on any atom is -0.396 e. The van der Waals surface area contributed by atoms with Gasteiger partial charge in [0.2, 0.25) is 0 Å². The van der Waals surface area contributed by atoms with Crippen molar-refractivity contribution < 1.29 is 18.3 Å². The maximum Gasteiger partial charge on any atom is 0.370 e. The fraction of sp³-hybridized carbons (Fsp3) is 1.00. The van der Waals surface area contributed by atoms with E-state index in [2.05, 4.69) is 6.92 Å². The zero-order valence-corrected chi connectivity index (χ0v) is 15.9. The van der Waals surface area contributed by atoms with Gasteiger partial charge in [-0.2, -0.15) is 0 Å². The molecule has 4 nitrogen and oxygen atoms in total. The molecule has 0 bridgehead atoms. The van der Waals surface area contributed by atoms with Crippen LogP contribution in [0.3, 0.4) is 0 Å². The van der Waals surface area contributed by atoms with Crippen LogP contribution in [0.4, 0.5) is 0 Å². The van der Waals surface area contributed by atoms with E-state index in [1.165, 1.54) is 38.5 Å². The monoisotopic (exact) mass is 330 g/mol. The molecular formula is C17H34O4Si. The van der Waals surface area contributed by atoms with Crippen molar-refractivity contribution in [1.29, 1.82) is 0 Å². The molecule has 0 amide bonds. The van der Waals surface area contributed by atoms with Gasteiger partial charge in [0.15, 0.2) is 0 Å². The fourth-order valence-corrected chi connectivity index (χ4v) is 8.29. The highest BCUT2D eigenvalue weighted by Crippen LogP contribution is 2.42. The number of methoxy groups -OCH3 is 1. The Morgan fingerprint density at radius 3 is 2.09 bits per heavy atom. The average molecular weight is 331 g/mol. The smallest absolute Gasteiger partial charge is 0.370 e. The minimum atomic E-state index is -2.15. The van der Waals surface area contributed by atoms with Crippen LogP contribution in [0.1, 0.15) is 64.7 Å². The summed E-state index contributed by atoms with van der Waals surface area (Å²) in [6.45, 7) is 2.19. The Bertz CT molecular complexity index is 321. The topological polar surface area (TPSA) is 40.2 Å². The molecule has 0 N–H and O–H groups in total. The highest BCUT2D eigenvalue weighted by molar-refractivity contribution is 6.70. The van der Waals surface area contributed by atoms with Crippen molar-refractivity contribution in [3.05, 3.63) is 0 Å². The van der Waals surface area contributed by atoms with Gasteiger partial charge in [-0.3, -0.25) is 0 Å². The van der Waals surface area contributed by atoms with Crippen molar-refractivity contribution in [2.24, 2.45) is 0 Å². The molecule has 3 atom stereocenters. The molecule has 130 valence electrons. The predicted octanol–water partition coefficient (Wildman–Crippen LogP) is 3.96. The van der Waals surface area contributed by atoms with Crippen LogP contribution in [0, 0.1) is 0 Å². The zero-order valence-electron chi connectivity index (χ0n) is 14.9. The third-order valence-electron chi connectivity index (χ3n) is 5.65. The Hall–Kier alpha value is 0.0569. The summed E-state index contributed by atoms with van der Waals surface area (Å²) < 4.78 is 22.7. The second-order valence-electron chi connectivity index (χ2n) is 6.81. The molecule has 0 aromatic carbocycles. The molecule has 22 heavy (non-hydrogen) atoms. The van der Waals surface area contributed by atoms with Gasteiger partial charge in [0.25, 0.3) is 0 Å². The van der Waals surface area contributed by atoms with Gasteiger partial charge in [-0.15, -0.1) is 0 Å². The summed E-state index contributed by atoms with van der Waals surface area (Å²) in [6, 6.07) is 1.06. The molecule has 3 unspecified atom stereocenters. The maximum absolute atomic E-state index is 5.83. The van der Waals surface area contributed by atoms with E-state index in [9.17, 15) is 0 Å². The fourth-order valence-electron chi connectivity index (χ4n) is 4.30. The molecule has 1 saturated carbocycles. The maximum atomic E-state index is 5.83. The summed E-state index contributed by atoms with van der Waals surface area (Å²) in [4.78, 5) is 0. The molecular weight excluding hydrogens is 296 g/mol. The van der Waals surface area contributed by atoms with Crippen molar-refractivity contribution in [2.75, 3.05) is 21.3 Å². The Labute approximate surface area is 137 Å². The largest absolute Gasteiger partial charge is 0.396 e. The van der Waals surface area contributed by atoms with Crippen LogP contribution >= 0.6 is 0 Å². The third kappa shape index (κ3) is 3.75. The van der Waals surface area contributed by atoms with Crippen LogP contribution < -0.4 is 0 Å². The van der Waals surface area contributed by atoms with Gasteiger partial charge in [0, 0.05) is 21.3 Å². The van der Waals surface area contributed by atoms with Crippen LogP contribution in [0.25, 0.3) is 0 Å². The molecule has 0 aromatic rings. The highest BCUT2D eigenvalue weighted by Gasteiger charge is 2.58. The van der Waals surface area contributed by atoms with Gasteiger partial charge in [0.05, 0.1) is 12.2 Å². The van der Waals surface area contributed by atoms with Crippen molar-refractivity contribution >= 4 is 8.56 Å². The zero-order chi connectivity index (χ0) is 16.1. The lowest BCUT2D eigenvalue weighted by atomic mass is 10.0. The van der Waals surface area contributed by atoms with E-state index in [0.29, 0.717) is 12.2 Å². The van der Waals surface area contributed by atoms with Crippen LogP contribution in [0.15, 0.2) is 0 Å². The number of fused-ring (bicyclic) bond motifs is 1. The lowest BCUT2D eigenvalue weighted by Crippen LogP contribution is -2.64. The lowest BCUT2D eigenvalue weighted by molar-refractivity contribution is -0.0149. The van der Waals surface area contributed by atoms with Crippen LogP contribution in [-0.4, -0.2) is 47.3 Å². The molecule has 1 aliphatic carbocycles. The van der Waals surface area contributed by atoms with Gasteiger partial charge in [-0.1, -0.05) is 39.0 Å². The molecule has 0 radical (unpaired) electrons. The van der Waals surface area contributed by atoms with Crippen molar-refractivity contribution in [1.82, 2.24) is 0 Å². The summed E-state index contributed by atoms with van der Waals surface area (Å²) in [5.41, 5.74) is 0. The van der Waals surface area contributed by atoms with Crippen molar-refractivity contribution in [3.8, 4) is 0 Å². The molecule has 0 spiro atoms. The van der Waals surface area contributed by atoms with E-state index in [1.807, 2.05) is 0 Å². The standard InChI is InChI=1S/C11H24O3Si.C6H10O/c1-5-8-11(12-2)9-6-7-10-15(11,13-3)14-4;1-2-4-6-5(3-1)7-6/h5-10H2,1-4H3;5-6H,1-4H2. The predicted molar refractivity (Wildman–Crippen MR) is 90.2 cm³/mol. The summed E-state index contributed by atoms with van der Waals surface area (Å²) in [7, 11) is 3.22. The molecule has 5 heteroatoms. The van der Waals surface area contributed by atoms with Gasteiger partial charge < -0.3 is 18.3 Å². The molecule has 3 rings (SSSR count). The van der Waals surface area contributed by atoms with Crippen molar-refractivity contribution in [2.45, 2.75) is 88.2 Å².